The molecule has 2 heterocycles. The van der Waals surface area contributed by atoms with Crippen molar-refractivity contribution in [3.8, 4) is 0 Å². The van der Waals surface area contributed by atoms with E-state index in [4.69, 9.17) is 4.98 Å². The summed E-state index contributed by atoms with van der Waals surface area (Å²) in [7, 11) is 0. The minimum atomic E-state index is -0.134. The normalized spacial score (nSPS) is 23.1. The van der Waals surface area contributed by atoms with Gasteiger partial charge in [0.2, 0.25) is 5.91 Å². The highest BCUT2D eigenvalue weighted by molar-refractivity contribution is 5.86. The summed E-state index contributed by atoms with van der Waals surface area (Å²) in [6, 6.07) is 1.87. The summed E-state index contributed by atoms with van der Waals surface area (Å²) >= 11 is 0. The molecule has 1 aliphatic carbocycles. The number of nitrogens with one attached hydrogen (secondary N) is 1. The van der Waals surface area contributed by atoms with Crippen LogP contribution in [0.15, 0.2) is 6.07 Å². The number of piperazine rings is 1. The molecule has 0 unspecified atom stereocenters. The third kappa shape index (κ3) is 2.49. The van der Waals surface area contributed by atoms with E-state index in [-0.39, 0.29) is 17.9 Å². The van der Waals surface area contributed by atoms with E-state index in [1.165, 1.54) is 12.8 Å². The molecule has 1 amide bonds. The molecular weight excluding hydrogens is 252 g/mol. The van der Waals surface area contributed by atoms with E-state index < -0.39 is 0 Å². The number of amides is 1. The van der Waals surface area contributed by atoms with Crippen LogP contribution in [0.5, 0.6) is 0 Å². The van der Waals surface area contributed by atoms with Crippen molar-refractivity contribution in [3.05, 3.63) is 17.6 Å². The van der Waals surface area contributed by atoms with Crippen LogP contribution >= 0.6 is 0 Å². The lowest BCUT2D eigenvalue weighted by Gasteiger charge is -2.38. The Hall–Kier alpha value is -1.65. The van der Waals surface area contributed by atoms with Crippen LogP contribution in [0.25, 0.3) is 0 Å². The molecule has 1 atom stereocenters. The van der Waals surface area contributed by atoms with Gasteiger partial charge in [0.25, 0.3) is 0 Å². The zero-order valence-corrected chi connectivity index (χ0v) is 12.4. The van der Waals surface area contributed by atoms with E-state index in [9.17, 15) is 4.79 Å². The van der Waals surface area contributed by atoms with Crippen molar-refractivity contribution in [3.63, 3.8) is 0 Å². The Bertz CT molecular complexity index is 525. The van der Waals surface area contributed by atoms with Gasteiger partial charge < -0.3 is 10.2 Å². The predicted octanol–water partition coefficient (Wildman–Crippen LogP) is 1.62. The van der Waals surface area contributed by atoms with Gasteiger partial charge in [-0.05, 0) is 25.7 Å². The fourth-order valence-electron chi connectivity index (χ4n) is 2.85. The standard InChI is InChI=1S/C15H22N4O/c1-9(2)13-15(20)16-6-7-19(13)12-8-10(3)17-14(18-12)11-4-5-11/h8-9,11,13H,4-7H2,1-3H3,(H,16,20)/t13-/m0/s1. The maximum absolute atomic E-state index is 12.1. The van der Waals surface area contributed by atoms with Gasteiger partial charge in [-0.1, -0.05) is 13.8 Å². The molecule has 5 nitrogen and oxygen atoms in total. The summed E-state index contributed by atoms with van der Waals surface area (Å²) < 4.78 is 0. The molecule has 1 aromatic heterocycles. The van der Waals surface area contributed by atoms with Crippen LogP contribution < -0.4 is 10.2 Å². The second-order valence-electron chi connectivity index (χ2n) is 6.17. The number of hydrogen-bond acceptors (Lipinski definition) is 4. The first kappa shape index (κ1) is 13.3. The molecule has 1 aliphatic heterocycles. The number of rotatable bonds is 3. The van der Waals surface area contributed by atoms with E-state index in [2.05, 4.69) is 29.0 Å². The van der Waals surface area contributed by atoms with E-state index in [1.54, 1.807) is 0 Å². The third-order valence-electron chi connectivity index (χ3n) is 3.98. The highest BCUT2D eigenvalue weighted by atomic mass is 16.2. The largest absolute Gasteiger partial charge is 0.353 e. The van der Waals surface area contributed by atoms with Gasteiger partial charge in [0, 0.05) is 30.8 Å². The minimum absolute atomic E-state index is 0.107. The number of anilines is 1. The SMILES string of the molecule is Cc1cc(N2CCNC(=O)[C@@H]2C(C)C)nc(C2CC2)n1. The maximum Gasteiger partial charge on any atom is 0.243 e. The Labute approximate surface area is 119 Å². The van der Waals surface area contributed by atoms with Gasteiger partial charge in [0.1, 0.15) is 17.7 Å². The molecular formula is C15H22N4O. The second-order valence-corrected chi connectivity index (χ2v) is 6.17. The summed E-state index contributed by atoms with van der Waals surface area (Å²) in [5.74, 6) is 2.76. The van der Waals surface area contributed by atoms with Crippen molar-refractivity contribution >= 4 is 11.7 Å². The molecule has 1 N–H and O–H groups in total. The third-order valence-corrected chi connectivity index (χ3v) is 3.98. The minimum Gasteiger partial charge on any atom is -0.353 e. The van der Waals surface area contributed by atoms with Crippen LogP contribution in [0.3, 0.4) is 0 Å². The lowest BCUT2D eigenvalue weighted by atomic mass is 9.99. The number of carbonyl (C=O) groups excluding carboxylic acids is 1. The molecule has 108 valence electrons. The maximum atomic E-state index is 12.1. The molecule has 0 spiro atoms. The van der Waals surface area contributed by atoms with Gasteiger partial charge in [-0.2, -0.15) is 0 Å². The topological polar surface area (TPSA) is 58.1 Å². The summed E-state index contributed by atoms with van der Waals surface area (Å²) in [5.41, 5.74) is 0.991. The summed E-state index contributed by atoms with van der Waals surface area (Å²) in [6.45, 7) is 7.67. The quantitative estimate of drug-likeness (QED) is 0.910. The van der Waals surface area contributed by atoms with Crippen LogP contribution in [0.1, 0.15) is 44.1 Å². The van der Waals surface area contributed by atoms with Gasteiger partial charge in [-0.3, -0.25) is 4.79 Å². The van der Waals surface area contributed by atoms with Crippen LogP contribution in [0, 0.1) is 12.8 Å². The van der Waals surface area contributed by atoms with Crippen molar-refractivity contribution in [1.82, 2.24) is 15.3 Å². The summed E-state index contributed by atoms with van der Waals surface area (Å²) in [5, 5.41) is 2.95. The van der Waals surface area contributed by atoms with E-state index in [0.717, 1.165) is 23.9 Å². The number of aromatic nitrogens is 2. The van der Waals surface area contributed by atoms with Gasteiger partial charge >= 0.3 is 0 Å². The first-order chi connectivity index (χ1) is 9.56. The monoisotopic (exact) mass is 274 g/mol. The first-order valence-electron chi connectivity index (χ1n) is 7.46. The number of hydrogen-bond donors (Lipinski definition) is 1. The molecule has 0 bridgehead atoms. The Morgan fingerprint density at radius 1 is 1.35 bits per heavy atom. The van der Waals surface area contributed by atoms with Crippen molar-refractivity contribution in [2.75, 3.05) is 18.0 Å². The van der Waals surface area contributed by atoms with Crippen LogP contribution in [-0.2, 0) is 4.79 Å². The van der Waals surface area contributed by atoms with E-state index >= 15 is 0 Å². The molecule has 5 heteroatoms. The molecule has 1 aromatic rings. The van der Waals surface area contributed by atoms with Crippen molar-refractivity contribution in [2.45, 2.75) is 45.6 Å². The van der Waals surface area contributed by atoms with Crippen LogP contribution in [-0.4, -0.2) is 35.0 Å². The average molecular weight is 274 g/mol. The lowest BCUT2D eigenvalue weighted by Crippen LogP contribution is -2.57. The fraction of sp³-hybridized carbons (Fsp3) is 0.667. The molecule has 2 fully saturated rings. The molecule has 0 aromatic carbocycles. The fourth-order valence-corrected chi connectivity index (χ4v) is 2.85. The highest BCUT2D eigenvalue weighted by Crippen LogP contribution is 2.38. The second kappa shape index (κ2) is 5.04. The lowest BCUT2D eigenvalue weighted by molar-refractivity contribution is -0.124. The number of aryl methyl sites for hydroxylation is 1. The molecule has 2 aliphatic rings. The van der Waals surface area contributed by atoms with Crippen molar-refractivity contribution in [2.24, 2.45) is 5.92 Å². The van der Waals surface area contributed by atoms with Crippen molar-refractivity contribution in [1.29, 1.82) is 0 Å². The van der Waals surface area contributed by atoms with Gasteiger partial charge in [0.05, 0.1) is 0 Å². The Morgan fingerprint density at radius 2 is 2.10 bits per heavy atom. The molecule has 1 saturated heterocycles. The van der Waals surface area contributed by atoms with E-state index in [1.807, 2.05) is 13.0 Å². The number of nitrogens with zero attached hydrogens (tertiary/aromatic N) is 3. The number of carbonyl (C=O) groups is 1. The van der Waals surface area contributed by atoms with Crippen molar-refractivity contribution < 1.29 is 4.79 Å². The van der Waals surface area contributed by atoms with Gasteiger partial charge in [-0.15, -0.1) is 0 Å². The predicted molar refractivity (Wildman–Crippen MR) is 77.7 cm³/mol. The first-order valence-corrected chi connectivity index (χ1v) is 7.46. The summed E-state index contributed by atoms with van der Waals surface area (Å²) in [6.07, 6.45) is 2.38. The zero-order chi connectivity index (χ0) is 14.3. The molecule has 1 saturated carbocycles. The van der Waals surface area contributed by atoms with E-state index in [0.29, 0.717) is 12.5 Å². The highest BCUT2D eigenvalue weighted by Gasteiger charge is 2.34. The average Bonchev–Trinajstić information content (AvgIpc) is 3.21. The molecule has 3 rings (SSSR count). The molecule has 0 radical (unpaired) electrons. The zero-order valence-electron chi connectivity index (χ0n) is 12.4. The molecule has 20 heavy (non-hydrogen) atoms. The Balaban J connectivity index is 1.95. The smallest absolute Gasteiger partial charge is 0.243 e. The van der Waals surface area contributed by atoms with Crippen LogP contribution in [0.4, 0.5) is 5.82 Å². The Morgan fingerprint density at radius 3 is 2.75 bits per heavy atom. The van der Waals surface area contributed by atoms with Gasteiger partial charge in [0.15, 0.2) is 0 Å². The van der Waals surface area contributed by atoms with Crippen LogP contribution in [0.2, 0.25) is 0 Å². The Kier molecular flexibility index (Phi) is 3.36. The van der Waals surface area contributed by atoms with Gasteiger partial charge in [-0.25, -0.2) is 9.97 Å². The summed E-state index contributed by atoms with van der Waals surface area (Å²) in [4.78, 5) is 23.5.